The standard InChI is InChI=1S/C15H16N4O2/c20-15(21)12-3-6-18-13(11-1-4-16-5-2-11)14(12)19-9-7-17-8-10-19/h1-6,17H,7-10H2,(H,20,21). The lowest BCUT2D eigenvalue weighted by Crippen LogP contribution is -2.44. The van der Waals surface area contributed by atoms with E-state index in [0.29, 0.717) is 16.9 Å². The third-order valence-corrected chi connectivity index (χ3v) is 3.54. The fourth-order valence-corrected chi connectivity index (χ4v) is 2.56. The largest absolute Gasteiger partial charge is 0.478 e. The lowest BCUT2D eigenvalue weighted by Gasteiger charge is -2.31. The normalized spacial score (nSPS) is 15.0. The molecule has 0 atom stereocenters. The van der Waals surface area contributed by atoms with Crippen molar-refractivity contribution in [1.29, 1.82) is 0 Å². The highest BCUT2D eigenvalue weighted by atomic mass is 16.4. The van der Waals surface area contributed by atoms with Gasteiger partial charge in [0.25, 0.3) is 0 Å². The summed E-state index contributed by atoms with van der Waals surface area (Å²) >= 11 is 0. The zero-order valence-corrected chi connectivity index (χ0v) is 11.5. The van der Waals surface area contributed by atoms with Crippen LogP contribution in [0.15, 0.2) is 36.8 Å². The van der Waals surface area contributed by atoms with E-state index in [4.69, 9.17) is 0 Å². The predicted octanol–water partition coefficient (Wildman–Crippen LogP) is 1.25. The minimum atomic E-state index is -0.929. The van der Waals surface area contributed by atoms with E-state index in [1.165, 1.54) is 0 Å². The van der Waals surface area contributed by atoms with Crippen LogP contribution in [-0.4, -0.2) is 47.2 Å². The molecule has 2 N–H and O–H groups in total. The van der Waals surface area contributed by atoms with Crippen LogP contribution in [0.4, 0.5) is 5.69 Å². The third kappa shape index (κ3) is 2.71. The van der Waals surface area contributed by atoms with E-state index >= 15 is 0 Å². The predicted molar refractivity (Wildman–Crippen MR) is 79.5 cm³/mol. The summed E-state index contributed by atoms with van der Waals surface area (Å²) in [7, 11) is 0. The van der Waals surface area contributed by atoms with E-state index in [1.807, 2.05) is 12.1 Å². The molecule has 2 aromatic heterocycles. The van der Waals surface area contributed by atoms with Gasteiger partial charge in [-0.25, -0.2) is 4.79 Å². The van der Waals surface area contributed by atoms with Gasteiger partial charge in [0.05, 0.1) is 16.9 Å². The Hall–Kier alpha value is -2.47. The van der Waals surface area contributed by atoms with Gasteiger partial charge < -0.3 is 15.3 Å². The molecule has 0 bridgehead atoms. The molecule has 1 aliphatic rings. The van der Waals surface area contributed by atoms with E-state index in [9.17, 15) is 9.90 Å². The number of hydrogen-bond donors (Lipinski definition) is 2. The van der Waals surface area contributed by atoms with Crippen molar-refractivity contribution >= 4 is 11.7 Å². The first-order valence-electron chi connectivity index (χ1n) is 6.86. The van der Waals surface area contributed by atoms with Gasteiger partial charge in [-0.15, -0.1) is 0 Å². The molecule has 0 aliphatic carbocycles. The van der Waals surface area contributed by atoms with Crippen molar-refractivity contribution in [3.8, 4) is 11.3 Å². The molecule has 1 saturated heterocycles. The van der Waals surface area contributed by atoms with Crippen LogP contribution >= 0.6 is 0 Å². The SMILES string of the molecule is O=C(O)c1ccnc(-c2ccncc2)c1N1CCNCC1. The van der Waals surface area contributed by atoms with E-state index in [1.54, 1.807) is 24.7 Å². The second-order valence-electron chi connectivity index (χ2n) is 4.83. The summed E-state index contributed by atoms with van der Waals surface area (Å²) in [6.07, 6.45) is 4.92. The first-order chi connectivity index (χ1) is 10.3. The highest BCUT2D eigenvalue weighted by Crippen LogP contribution is 2.32. The Bertz CT molecular complexity index is 639. The number of pyridine rings is 2. The summed E-state index contributed by atoms with van der Waals surface area (Å²) in [5, 5.41) is 12.8. The van der Waals surface area contributed by atoms with E-state index in [-0.39, 0.29) is 0 Å². The average Bonchev–Trinajstić information content (AvgIpc) is 2.55. The van der Waals surface area contributed by atoms with Gasteiger partial charge in [0.1, 0.15) is 0 Å². The first kappa shape index (κ1) is 13.5. The number of nitrogens with one attached hydrogen (secondary N) is 1. The molecule has 1 fully saturated rings. The smallest absolute Gasteiger partial charge is 0.337 e. The molecular formula is C15H16N4O2. The average molecular weight is 284 g/mol. The Morgan fingerprint density at radius 2 is 1.86 bits per heavy atom. The van der Waals surface area contributed by atoms with Gasteiger partial charge in [-0.05, 0) is 18.2 Å². The number of carboxylic acid groups (broad SMARTS) is 1. The maximum absolute atomic E-state index is 11.6. The maximum atomic E-state index is 11.6. The molecule has 1 aliphatic heterocycles. The Labute approximate surface area is 122 Å². The van der Waals surface area contributed by atoms with Crippen LogP contribution in [0.1, 0.15) is 10.4 Å². The Morgan fingerprint density at radius 1 is 1.14 bits per heavy atom. The van der Waals surface area contributed by atoms with Gasteiger partial charge in [0.2, 0.25) is 0 Å². The summed E-state index contributed by atoms with van der Waals surface area (Å²) in [6.45, 7) is 3.21. The van der Waals surface area contributed by atoms with Crippen molar-refractivity contribution in [3.05, 3.63) is 42.4 Å². The second kappa shape index (κ2) is 5.88. The molecule has 0 saturated carbocycles. The molecule has 108 valence electrons. The molecule has 2 aromatic rings. The third-order valence-electron chi connectivity index (χ3n) is 3.54. The van der Waals surface area contributed by atoms with Crippen LogP contribution in [0.5, 0.6) is 0 Å². The highest BCUT2D eigenvalue weighted by Gasteiger charge is 2.22. The van der Waals surface area contributed by atoms with Gasteiger partial charge in [-0.2, -0.15) is 0 Å². The molecule has 0 aromatic carbocycles. The van der Waals surface area contributed by atoms with Crippen LogP contribution in [0, 0.1) is 0 Å². The van der Waals surface area contributed by atoms with Crippen LogP contribution < -0.4 is 10.2 Å². The number of anilines is 1. The molecule has 0 radical (unpaired) electrons. The monoisotopic (exact) mass is 284 g/mol. The molecule has 0 unspecified atom stereocenters. The van der Waals surface area contributed by atoms with Gasteiger partial charge in [0.15, 0.2) is 0 Å². The maximum Gasteiger partial charge on any atom is 0.337 e. The van der Waals surface area contributed by atoms with Crippen LogP contribution in [0.25, 0.3) is 11.3 Å². The molecule has 6 heteroatoms. The van der Waals surface area contributed by atoms with Crippen LogP contribution in [-0.2, 0) is 0 Å². The lowest BCUT2D eigenvalue weighted by atomic mass is 10.1. The summed E-state index contributed by atoms with van der Waals surface area (Å²) in [5.41, 5.74) is 2.55. The fourth-order valence-electron chi connectivity index (χ4n) is 2.56. The van der Waals surface area contributed by atoms with Crippen molar-refractivity contribution in [2.75, 3.05) is 31.1 Å². The van der Waals surface area contributed by atoms with Gasteiger partial charge in [-0.3, -0.25) is 9.97 Å². The van der Waals surface area contributed by atoms with Crippen molar-refractivity contribution < 1.29 is 9.90 Å². The highest BCUT2D eigenvalue weighted by molar-refractivity contribution is 5.98. The number of piperazine rings is 1. The number of nitrogens with zero attached hydrogens (tertiary/aromatic N) is 3. The summed E-state index contributed by atoms with van der Waals surface area (Å²) in [6, 6.07) is 5.25. The molecule has 0 spiro atoms. The number of carbonyl (C=O) groups is 1. The zero-order chi connectivity index (χ0) is 14.7. The van der Waals surface area contributed by atoms with E-state index in [0.717, 1.165) is 31.7 Å². The molecule has 3 rings (SSSR count). The first-order valence-corrected chi connectivity index (χ1v) is 6.86. The molecule has 3 heterocycles. The minimum Gasteiger partial charge on any atom is -0.478 e. The van der Waals surface area contributed by atoms with E-state index < -0.39 is 5.97 Å². The van der Waals surface area contributed by atoms with E-state index in [2.05, 4.69) is 20.2 Å². The fraction of sp³-hybridized carbons (Fsp3) is 0.267. The summed E-state index contributed by atoms with van der Waals surface area (Å²) in [4.78, 5) is 22.1. The molecule has 21 heavy (non-hydrogen) atoms. The van der Waals surface area contributed by atoms with Gasteiger partial charge >= 0.3 is 5.97 Å². The second-order valence-corrected chi connectivity index (χ2v) is 4.83. The van der Waals surface area contributed by atoms with Crippen LogP contribution in [0.3, 0.4) is 0 Å². The van der Waals surface area contributed by atoms with Crippen molar-refractivity contribution in [2.24, 2.45) is 0 Å². The number of aromatic carboxylic acids is 1. The summed E-state index contributed by atoms with van der Waals surface area (Å²) < 4.78 is 0. The Morgan fingerprint density at radius 3 is 2.52 bits per heavy atom. The topological polar surface area (TPSA) is 78.3 Å². The van der Waals surface area contributed by atoms with Crippen molar-refractivity contribution in [1.82, 2.24) is 15.3 Å². The van der Waals surface area contributed by atoms with Crippen molar-refractivity contribution in [3.63, 3.8) is 0 Å². The number of aromatic nitrogens is 2. The quantitative estimate of drug-likeness (QED) is 0.883. The van der Waals surface area contributed by atoms with Crippen molar-refractivity contribution in [2.45, 2.75) is 0 Å². The number of hydrogen-bond acceptors (Lipinski definition) is 5. The molecule has 6 nitrogen and oxygen atoms in total. The summed E-state index contributed by atoms with van der Waals surface area (Å²) in [5.74, 6) is -0.929. The van der Waals surface area contributed by atoms with Gasteiger partial charge in [0, 0.05) is 50.3 Å². The van der Waals surface area contributed by atoms with Gasteiger partial charge in [-0.1, -0.05) is 0 Å². The lowest BCUT2D eigenvalue weighted by molar-refractivity contribution is 0.0697. The molecular weight excluding hydrogens is 268 g/mol. The minimum absolute atomic E-state index is 0.290. The zero-order valence-electron chi connectivity index (χ0n) is 11.5. The number of carboxylic acids is 1. The van der Waals surface area contributed by atoms with Crippen LogP contribution in [0.2, 0.25) is 0 Å². The Kier molecular flexibility index (Phi) is 3.79. The number of rotatable bonds is 3. The molecule has 0 amide bonds. The Balaban J connectivity index is 2.15.